The fourth-order valence-corrected chi connectivity index (χ4v) is 1.51. The van der Waals surface area contributed by atoms with Crippen LogP contribution in [-0.4, -0.2) is 38.6 Å². The molecule has 0 amide bonds. The summed E-state index contributed by atoms with van der Waals surface area (Å²) in [4.78, 5) is 2.40. The maximum absolute atomic E-state index is 3.16. The smallest absolute Gasteiger partial charge is 0.0129 e. The predicted octanol–water partition coefficient (Wildman–Crippen LogP) is 0.0522. The Bertz CT molecular complexity index is 94.8. The van der Waals surface area contributed by atoms with Gasteiger partial charge in [-0.05, 0) is 45.9 Å². The second-order valence-electron chi connectivity index (χ2n) is 3.38. The van der Waals surface area contributed by atoms with Gasteiger partial charge in [-0.25, -0.2) is 0 Å². The first-order valence-corrected chi connectivity index (χ1v) is 4.41. The largest absolute Gasteiger partial charge is 0.306 e. The summed E-state index contributed by atoms with van der Waals surface area (Å²) in [6.45, 7) is 3.64. The van der Waals surface area contributed by atoms with Crippen molar-refractivity contribution in [2.45, 2.75) is 12.8 Å². The first kappa shape index (κ1) is 8.97. The topological polar surface area (TPSA) is 27.3 Å². The number of rotatable bonds is 3. The molecule has 1 heterocycles. The Balaban J connectivity index is 2.07. The number of nitrogens with one attached hydrogen (secondary N) is 2. The van der Waals surface area contributed by atoms with Crippen molar-refractivity contribution in [1.29, 1.82) is 0 Å². The third-order valence-electron chi connectivity index (χ3n) is 2.41. The minimum atomic E-state index is 0.874. The molecule has 1 fully saturated rings. The fourth-order valence-electron chi connectivity index (χ4n) is 1.51. The third kappa shape index (κ3) is 3.18. The molecule has 1 aliphatic heterocycles. The van der Waals surface area contributed by atoms with E-state index in [2.05, 4.69) is 22.8 Å². The monoisotopic (exact) mass is 157 g/mol. The Kier molecular flexibility index (Phi) is 3.83. The Morgan fingerprint density at radius 1 is 1.36 bits per heavy atom. The van der Waals surface area contributed by atoms with Crippen LogP contribution in [0.2, 0.25) is 0 Å². The standard InChI is InChI=1S/C8H19N3/c1-9-10-7-8-3-5-11(2)6-4-8/h8-10H,3-7H2,1-2H3. The number of hydrazine groups is 1. The molecule has 0 aliphatic carbocycles. The van der Waals surface area contributed by atoms with Gasteiger partial charge >= 0.3 is 0 Å². The van der Waals surface area contributed by atoms with E-state index in [1.165, 1.54) is 25.9 Å². The lowest BCUT2D eigenvalue weighted by Gasteiger charge is -2.28. The zero-order chi connectivity index (χ0) is 8.10. The molecule has 1 rings (SSSR count). The molecule has 0 spiro atoms. The summed E-state index contributed by atoms with van der Waals surface area (Å²) >= 11 is 0. The Morgan fingerprint density at radius 2 is 2.00 bits per heavy atom. The third-order valence-corrected chi connectivity index (χ3v) is 2.41. The second kappa shape index (κ2) is 4.70. The van der Waals surface area contributed by atoms with E-state index in [-0.39, 0.29) is 0 Å². The van der Waals surface area contributed by atoms with Gasteiger partial charge in [-0.2, -0.15) is 0 Å². The van der Waals surface area contributed by atoms with Crippen LogP contribution < -0.4 is 10.9 Å². The minimum Gasteiger partial charge on any atom is -0.306 e. The molecule has 0 aromatic heterocycles. The van der Waals surface area contributed by atoms with E-state index in [1.54, 1.807) is 0 Å². The van der Waals surface area contributed by atoms with Crippen LogP contribution in [0.3, 0.4) is 0 Å². The molecule has 1 saturated heterocycles. The van der Waals surface area contributed by atoms with E-state index >= 15 is 0 Å². The van der Waals surface area contributed by atoms with E-state index < -0.39 is 0 Å². The SMILES string of the molecule is CNNCC1CCN(C)CC1. The molecule has 0 bridgehead atoms. The first-order valence-electron chi connectivity index (χ1n) is 4.41. The molecule has 3 nitrogen and oxygen atoms in total. The molecule has 1 aliphatic rings. The van der Waals surface area contributed by atoms with Gasteiger partial charge in [-0.3, -0.25) is 10.9 Å². The first-order chi connectivity index (χ1) is 5.33. The minimum absolute atomic E-state index is 0.874. The Morgan fingerprint density at radius 3 is 2.55 bits per heavy atom. The van der Waals surface area contributed by atoms with Crippen molar-refractivity contribution in [3.8, 4) is 0 Å². The van der Waals surface area contributed by atoms with Gasteiger partial charge < -0.3 is 4.90 Å². The molecular formula is C8H19N3. The molecule has 3 heteroatoms. The summed E-state index contributed by atoms with van der Waals surface area (Å²) in [5.41, 5.74) is 6.13. The zero-order valence-electron chi connectivity index (χ0n) is 7.56. The van der Waals surface area contributed by atoms with Crippen molar-refractivity contribution in [1.82, 2.24) is 15.8 Å². The molecule has 0 atom stereocenters. The summed E-state index contributed by atoms with van der Waals surface area (Å²) < 4.78 is 0. The average Bonchev–Trinajstić information content (AvgIpc) is 2.04. The predicted molar refractivity (Wildman–Crippen MR) is 47.3 cm³/mol. The number of hydrogen-bond acceptors (Lipinski definition) is 3. The van der Waals surface area contributed by atoms with Gasteiger partial charge in [0.2, 0.25) is 0 Å². The van der Waals surface area contributed by atoms with Crippen molar-refractivity contribution >= 4 is 0 Å². The molecule has 66 valence electrons. The van der Waals surface area contributed by atoms with Crippen LogP contribution in [0.1, 0.15) is 12.8 Å². The summed E-state index contributed by atoms with van der Waals surface area (Å²) in [5.74, 6) is 0.874. The quantitative estimate of drug-likeness (QED) is 0.567. The lowest BCUT2D eigenvalue weighted by molar-refractivity contribution is 0.213. The van der Waals surface area contributed by atoms with Crippen molar-refractivity contribution in [2.75, 3.05) is 33.7 Å². The van der Waals surface area contributed by atoms with Crippen LogP contribution in [0.4, 0.5) is 0 Å². The van der Waals surface area contributed by atoms with Crippen molar-refractivity contribution in [3.63, 3.8) is 0 Å². The number of hydrogen-bond donors (Lipinski definition) is 2. The highest BCUT2D eigenvalue weighted by Gasteiger charge is 2.15. The van der Waals surface area contributed by atoms with Gasteiger partial charge in [-0.1, -0.05) is 0 Å². The van der Waals surface area contributed by atoms with Crippen LogP contribution in [0.5, 0.6) is 0 Å². The van der Waals surface area contributed by atoms with Crippen molar-refractivity contribution in [3.05, 3.63) is 0 Å². The second-order valence-corrected chi connectivity index (χ2v) is 3.38. The van der Waals surface area contributed by atoms with Gasteiger partial charge in [-0.15, -0.1) is 0 Å². The van der Waals surface area contributed by atoms with E-state index in [4.69, 9.17) is 0 Å². The lowest BCUT2D eigenvalue weighted by Crippen LogP contribution is -2.38. The van der Waals surface area contributed by atoms with Gasteiger partial charge in [0.05, 0.1) is 0 Å². The maximum Gasteiger partial charge on any atom is 0.0129 e. The molecule has 0 aromatic rings. The van der Waals surface area contributed by atoms with Crippen LogP contribution in [0.15, 0.2) is 0 Å². The highest BCUT2D eigenvalue weighted by Crippen LogP contribution is 2.14. The molecule has 11 heavy (non-hydrogen) atoms. The summed E-state index contributed by atoms with van der Waals surface area (Å²) in [5, 5.41) is 0. The maximum atomic E-state index is 3.16. The Labute approximate surface area is 69.1 Å². The fraction of sp³-hybridized carbons (Fsp3) is 1.00. The molecular weight excluding hydrogens is 138 g/mol. The molecule has 0 saturated carbocycles. The normalized spacial score (nSPS) is 22.4. The van der Waals surface area contributed by atoms with E-state index in [1.807, 2.05) is 7.05 Å². The van der Waals surface area contributed by atoms with Crippen LogP contribution in [0.25, 0.3) is 0 Å². The van der Waals surface area contributed by atoms with Crippen LogP contribution in [-0.2, 0) is 0 Å². The average molecular weight is 157 g/mol. The number of nitrogens with zero attached hydrogens (tertiary/aromatic N) is 1. The van der Waals surface area contributed by atoms with Crippen molar-refractivity contribution < 1.29 is 0 Å². The van der Waals surface area contributed by atoms with Gasteiger partial charge in [0.1, 0.15) is 0 Å². The highest BCUT2D eigenvalue weighted by molar-refractivity contribution is 4.70. The zero-order valence-corrected chi connectivity index (χ0v) is 7.56. The summed E-state index contributed by atoms with van der Waals surface area (Å²) in [7, 11) is 4.12. The van der Waals surface area contributed by atoms with E-state index in [0.717, 1.165) is 12.5 Å². The number of piperidine rings is 1. The molecule has 0 aromatic carbocycles. The molecule has 2 N–H and O–H groups in total. The van der Waals surface area contributed by atoms with Gasteiger partial charge in [0, 0.05) is 6.54 Å². The van der Waals surface area contributed by atoms with Crippen LogP contribution in [0, 0.1) is 5.92 Å². The van der Waals surface area contributed by atoms with E-state index in [9.17, 15) is 0 Å². The van der Waals surface area contributed by atoms with Gasteiger partial charge in [0.25, 0.3) is 0 Å². The van der Waals surface area contributed by atoms with Crippen LogP contribution >= 0.6 is 0 Å². The van der Waals surface area contributed by atoms with Gasteiger partial charge in [0.15, 0.2) is 0 Å². The van der Waals surface area contributed by atoms with Crippen molar-refractivity contribution in [2.24, 2.45) is 5.92 Å². The molecule has 0 radical (unpaired) electrons. The summed E-state index contributed by atoms with van der Waals surface area (Å²) in [6, 6.07) is 0. The van der Waals surface area contributed by atoms with E-state index in [0.29, 0.717) is 0 Å². The summed E-state index contributed by atoms with van der Waals surface area (Å²) in [6.07, 6.45) is 2.68. The Hall–Kier alpha value is -0.120. The lowest BCUT2D eigenvalue weighted by atomic mass is 9.97. The molecule has 0 unspecified atom stereocenters. The number of likely N-dealkylation sites (tertiary alicyclic amines) is 1. The highest BCUT2D eigenvalue weighted by atomic mass is 15.3.